The lowest BCUT2D eigenvalue weighted by Crippen LogP contribution is -2.23. The van der Waals surface area contributed by atoms with Crippen LogP contribution in [0.3, 0.4) is 0 Å². The largest absolute Gasteiger partial charge is 0.481 e. The van der Waals surface area contributed by atoms with Crippen LogP contribution in [-0.4, -0.2) is 44.7 Å². The molecule has 0 aliphatic heterocycles. The Kier molecular flexibility index (Phi) is 14.7. The summed E-state index contributed by atoms with van der Waals surface area (Å²) in [6.45, 7) is 2.09. The fraction of sp³-hybridized carbons (Fsp3) is 0.550. The van der Waals surface area contributed by atoms with Gasteiger partial charge in [-0.15, -0.1) is 0 Å². The first-order valence-corrected chi connectivity index (χ1v) is 8.91. The van der Waals surface area contributed by atoms with E-state index in [1.54, 1.807) is 48.6 Å². The molecule has 4 N–H and O–H groups in total. The van der Waals surface area contributed by atoms with Gasteiger partial charge in [0.2, 0.25) is 0 Å². The van der Waals surface area contributed by atoms with Crippen LogP contribution in [0.25, 0.3) is 0 Å². The van der Waals surface area contributed by atoms with Crippen molar-refractivity contribution in [3.8, 4) is 0 Å². The second-order valence-corrected chi connectivity index (χ2v) is 5.95. The van der Waals surface area contributed by atoms with Crippen molar-refractivity contribution in [3.05, 3.63) is 48.6 Å². The van der Waals surface area contributed by atoms with E-state index in [9.17, 15) is 20.1 Å². The lowest BCUT2D eigenvalue weighted by molar-refractivity contribution is -0.137. The topological polar surface area (TPSA) is 98.0 Å². The SMILES string of the molecule is CCCCC[C@H](O)[C@@H](O)/C=C/C=C/C=C/C=C/[C@H](O)CCCC(=O)O. The quantitative estimate of drug-likeness (QED) is 0.284. The molecule has 25 heavy (non-hydrogen) atoms. The molecule has 0 aliphatic rings. The first-order chi connectivity index (χ1) is 12.0. The van der Waals surface area contributed by atoms with Crippen molar-refractivity contribution in [1.82, 2.24) is 0 Å². The van der Waals surface area contributed by atoms with Gasteiger partial charge in [0.05, 0.1) is 18.3 Å². The molecular formula is C20H32O5. The van der Waals surface area contributed by atoms with Crippen LogP contribution in [0.5, 0.6) is 0 Å². The Morgan fingerprint density at radius 3 is 2.04 bits per heavy atom. The van der Waals surface area contributed by atoms with Crippen LogP contribution in [0.2, 0.25) is 0 Å². The average Bonchev–Trinajstić information content (AvgIpc) is 2.56. The molecule has 3 atom stereocenters. The maximum absolute atomic E-state index is 10.4. The summed E-state index contributed by atoms with van der Waals surface area (Å²) >= 11 is 0. The second-order valence-electron chi connectivity index (χ2n) is 5.95. The normalized spacial score (nSPS) is 16.3. The first-order valence-electron chi connectivity index (χ1n) is 8.91. The molecule has 0 heterocycles. The van der Waals surface area contributed by atoms with E-state index in [1.807, 2.05) is 0 Å². The Morgan fingerprint density at radius 1 is 0.840 bits per heavy atom. The Balaban J connectivity index is 3.96. The number of carbonyl (C=O) groups is 1. The summed E-state index contributed by atoms with van der Waals surface area (Å²) in [6, 6.07) is 0. The fourth-order valence-electron chi connectivity index (χ4n) is 2.09. The smallest absolute Gasteiger partial charge is 0.303 e. The molecule has 0 saturated heterocycles. The minimum atomic E-state index is -0.855. The molecule has 0 unspecified atom stereocenters. The number of carboxylic acids is 1. The highest BCUT2D eigenvalue weighted by Crippen LogP contribution is 2.07. The molecule has 0 amide bonds. The number of unbranched alkanes of at least 4 members (excludes halogenated alkanes) is 2. The monoisotopic (exact) mass is 352 g/mol. The van der Waals surface area contributed by atoms with Crippen LogP contribution in [0.15, 0.2) is 48.6 Å². The van der Waals surface area contributed by atoms with E-state index in [0.717, 1.165) is 19.3 Å². The van der Waals surface area contributed by atoms with Gasteiger partial charge in [-0.25, -0.2) is 0 Å². The zero-order valence-corrected chi connectivity index (χ0v) is 15.0. The van der Waals surface area contributed by atoms with Gasteiger partial charge in [-0.1, -0.05) is 74.8 Å². The molecule has 0 fully saturated rings. The van der Waals surface area contributed by atoms with Crippen molar-refractivity contribution in [1.29, 1.82) is 0 Å². The minimum Gasteiger partial charge on any atom is -0.481 e. The predicted molar refractivity (Wildman–Crippen MR) is 100 cm³/mol. The molecule has 0 bridgehead atoms. The van der Waals surface area contributed by atoms with Crippen molar-refractivity contribution >= 4 is 5.97 Å². The van der Waals surface area contributed by atoms with Crippen LogP contribution < -0.4 is 0 Å². The van der Waals surface area contributed by atoms with E-state index >= 15 is 0 Å². The Morgan fingerprint density at radius 2 is 1.44 bits per heavy atom. The Bertz CT molecular complexity index is 451. The summed E-state index contributed by atoms with van der Waals surface area (Å²) in [5.74, 6) is -0.854. The van der Waals surface area contributed by atoms with Crippen LogP contribution in [-0.2, 0) is 4.79 Å². The van der Waals surface area contributed by atoms with Crippen molar-refractivity contribution < 1.29 is 25.2 Å². The molecule has 0 rings (SSSR count). The third-order valence-corrected chi connectivity index (χ3v) is 3.59. The van der Waals surface area contributed by atoms with Crippen LogP contribution in [0, 0.1) is 0 Å². The maximum atomic E-state index is 10.4. The van der Waals surface area contributed by atoms with E-state index < -0.39 is 24.3 Å². The maximum Gasteiger partial charge on any atom is 0.303 e. The highest BCUT2D eigenvalue weighted by Gasteiger charge is 2.11. The Labute approximate surface area is 150 Å². The van der Waals surface area contributed by atoms with Crippen molar-refractivity contribution in [2.75, 3.05) is 0 Å². The van der Waals surface area contributed by atoms with Crippen LogP contribution >= 0.6 is 0 Å². The third-order valence-electron chi connectivity index (χ3n) is 3.59. The van der Waals surface area contributed by atoms with Gasteiger partial charge in [-0.3, -0.25) is 4.79 Å². The molecule has 0 spiro atoms. The summed E-state index contributed by atoms with van der Waals surface area (Å²) in [7, 11) is 0. The van der Waals surface area contributed by atoms with Gasteiger partial charge < -0.3 is 20.4 Å². The molecule has 142 valence electrons. The lowest BCUT2D eigenvalue weighted by atomic mass is 10.1. The molecule has 5 nitrogen and oxygen atoms in total. The van der Waals surface area contributed by atoms with E-state index in [4.69, 9.17) is 5.11 Å². The molecule has 0 radical (unpaired) electrons. The summed E-state index contributed by atoms with van der Waals surface area (Å²) in [4.78, 5) is 10.4. The molecule has 0 aromatic rings. The van der Waals surface area contributed by atoms with Crippen molar-refractivity contribution in [3.63, 3.8) is 0 Å². The van der Waals surface area contributed by atoms with Gasteiger partial charge in [0.1, 0.15) is 0 Å². The van der Waals surface area contributed by atoms with Crippen LogP contribution in [0.1, 0.15) is 51.9 Å². The summed E-state index contributed by atoms with van der Waals surface area (Å²) in [5, 5.41) is 37.6. The van der Waals surface area contributed by atoms with Gasteiger partial charge >= 0.3 is 5.97 Å². The molecule has 0 aliphatic carbocycles. The van der Waals surface area contributed by atoms with E-state index in [2.05, 4.69) is 6.92 Å². The minimum absolute atomic E-state index is 0.0644. The standard InChI is InChI=1S/C20H32O5/c1-2-3-8-14-18(22)19(23)15-10-7-5-4-6-9-12-17(21)13-11-16-20(24)25/h4-7,9-10,12,15,17-19,21-23H,2-3,8,11,13-14,16H2,1H3,(H,24,25)/b6-4+,7-5+,12-9+,15-10+/t17-,18-,19-/m0/s1. The molecule has 5 heteroatoms. The third kappa shape index (κ3) is 15.6. The fourth-order valence-corrected chi connectivity index (χ4v) is 2.09. The number of aliphatic hydroxyl groups excluding tert-OH is 3. The van der Waals surface area contributed by atoms with Gasteiger partial charge in [0, 0.05) is 6.42 Å². The highest BCUT2D eigenvalue weighted by molar-refractivity contribution is 5.66. The molecule has 0 aromatic heterocycles. The van der Waals surface area contributed by atoms with Crippen molar-refractivity contribution in [2.24, 2.45) is 0 Å². The zero-order valence-electron chi connectivity index (χ0n) is 15.0. The molecular weight excluding hydrogens is 320 g/mol. The van der Waals surface area contributed by atoms with E-state index in [1.165, 1.54) is 0 Å². The molecule has 0 aromatic carbocycles. The highest BCUT2D eigenvalue weighted by atomic mass is 16.4. The van der Waals surface area contributed by atoms with Gasteiger partial charge in [-0.05, 0) is 19.3 Å². The van der Waals surface area contributed by atoms with Gasteiger partial charge in [0.25, 0.3) is 0 Å². The van der Waals surface area contributed by atoms with Crippen LogP contribution in [0.4, 0.5) is 0 Å². The second kappa shape index (κ2) is 15.8. The van der Waals surface area contributed by atoms with Gasteiger partial charge in [0.15, 0.2) is 0 Å². The summed E-state index contributed by atoms with van der Waals surface area (Å²) < 4.78 is 0. The molecule has 0 saturated carbocycles. The Hall–Kier alpha value is -1.69. The van der Waals surface area contributed by atoms with Gasteiger partial charge in [-0.2, -0.15) is 0 Å². The summed E-state index contributed by atoms with van der Waals surface area (Å²) in [6.07, 6.45) is 16.0. The number of hydrogen-bond donors (Lipinski definition) is 4. The number of aliphatic hydroxyl groups is 3. The lowest BCUT2D eigenvalue weighted by Gasteiger charge is -2.13. The number of allylic oxidation sites excluding steroid dienone is 6. The number of carboxylic acid groups (broad SMARTS) is 1. The summed E-state index contributed by atoms with van der Waals surface area (Å²) in [5.41, 5.74) is 0. The first kappa shape index (κ1) is 23.3. The van der Waals surface area contributed by atoms with Crippen molar-refractivity contribution in [2.45, 2.75) is 70.2 Å². The number of aliphatic carboxylic acids is 1. The predicted octanol–water partition coefficient (Wildman–Crippen LogP) is 3.13. The van der Waals surface area contributed by atoms with E-state index in [-0.39, 0.29) is 6.42 Å². The van der Waals surface area contributed by atoms with E-state index in [0.29, 0.717) is 19.3 Å². The number of hydrogen-bond acceptors (Lipinski definition) is 4. The average molecular weight is 352 g/mol. The zero-order chi connectivity index (χ0) is 18.9. The number of rotatable bonds is 14.